The molecule has 0 radical (unpaired) electrons. The first kappa shape index (κ1) is 14.5. The molecule has 5 nitrogen and oxygen atoms in total. The van der Waals surface area contributed by atoms with Gasteiger partial charge in [-0.2, -0.15) is 4.31 Å². The Kier molecular flexibility index (Phi) is 3.75. The van der Waals surface area contributed by atoms with Gasteiger partial charge >= 0.3 is 0 Å². The Morgan fingerprint density at radius 3 is 2.71 bits per heavy atom. The van der Waals surface area contributed by atoms with Gasteiger partial charge in [0.05, 0.1) is 10.9 Å². The molecule has 21 heavy (non-hydrogen) atoms. The van der Waals surface area contributed by atoms with Crippen LogP contribution in [-0.4, -0.2) is 31.1 Å². The molecule has 1 aliphatic heterocycles. The highest BCUT2D eigenvalue weighted by Gasteiger charge is 2.35. The highest BCUT2D eigenvalue weighted by molar-refractivity contribution is 7.89. The predicted octanol–water partition coefficient (Wildman–Crippen LogP) is 1.65. The average Bonchev–Trinajstić information content (AvgIpc) is 2.94. The fourth-order valence-corrected chi connectivity index (χ4v) is 5.07. The minimum atomic E-state index is -3.57. The fourth-order valence-electron chi connectivity index (χ4n) is 3.35. The summed E-state index contributed by atoms with van der Waals surface area (Å²) in [5.74, 6) is -0.0561. The number of benzene rings is 1. The van der Waals surface area contributed by atoms with E-state index in [1.807, 2.05) is 12.1 Å². The number of nitrogens with two attached hydrogens (primary N) is 1. The average molecular weight is 307 g/mol. The van der Waals surface area contributed by atoms with Crippen molar-refractivity contribution in [3.05, 3.63) is 29.3 Å². The molecule has 3 N–H and O–H groups in total. The summed E-state index contributed by atoms with van der Waals surface area (Å²) >= 11 is 0. The maximum Gasteiger partial charge on any atom is 0.243 e. The molecule has 2 aliphatic rings. The third kappa shape index (κ3) is 2.58. The molecule has 1 heterocycles. The van der Waals surface area contributed by atoms with Gasteiger partial charge in [-0.15, -0.1) is 0 Å². The van der Waals surface area contributed by atoms with Crippen LogP contribution >= 0.6 is 0 Å². The van der Waals surface area contributed by atoms with E-state index in [1.54, 1.807) is 6.07 Å². The molecule has 1 saturated heterocycles. The quantitative estimate of drug-likeness (QED) is 0.657. The molecule has 3 rings (SSSR count). The normalized spacial score (nSPS) is 23.0. The van der Waals surface area contributed by atoms with Gasteiger partial charge in [-0.3, -0.25) is 5.41 Å². The van der Waals surface area contributed by atoms with Gasteiger partial charge in [0.15, 0.2) is 0 Å². The highest BCUT2D eigenvalue weighted by atomic mass is 32.2. The number of sulfonamides is 1. The molecule has 0 bridgehead atoms. The summed E-state index contributed by atoms with van der Waals surface area (Å²) in [7, 11) is -3.57. The molecule has 1 aromatic rings. The van der Waals surface area contributed by atoms with Crippen LogP contribution in [0.1, 0.15) is 36.8 Å². The maximum atomic E-state index is 12.9. The van der Waals surface area contributed by atoms with E-state index in [1.165, 1.54) is 9.87 Å². The van der Waals surface area contributed by atoms with Gasteiger partial charge in [0.1, 0.15) is 5.84 Å². The van der Waals surface area contributed by atoms with E-state index in [4.69, 9.17) is 11.1 Å². The zero-order chi connectivity index (χ0) is 15.0. The first-order valence-electron chi connectivity index (χ1n) is 7.48. The number of fused-ring (bicyclic) bond motifs is 1. The number of aryl methyl sites for hydroxylation is 2. The van der Waals surface area contributed by atoms with Crippen LogP contribution in [0.15, 0.2) is 23.1 Å². The van der Waals surface area contributed by atoms with E-state index in [0.717, 1.165) is 37.7 Å². The summed E-state index contributed by atoms with van der Waals surface area (Å²) in [6.45, 7) is 0.448. The molecule has 1 aliphatic carbocycles. The summed E-state index contributed by atoms with van der Waals surface area (Å²) < 4.78 is 27.2. The Labute approximate surface area is 125 Å². The molecule has 0 amide bonds. The van der Waals surface area contributed by atoms with Crippen molar-refractivity contribution >= 4 is 15.9 Å². The number of nitrogens with zero attached hydrogens (tertiary/aromatic N) is 1. The van der Waals surface area contributed by atoms with Crippen LogP contribution in [0.25, 0.3) is 0 Å². The van der Waals surface area contributed by atoms with Crippen molar-refractivity contribution in [2.75, 3.05) is 6.54 Å². The molecule has 0 spiro atoms. The van der Waals surface area contributed by atoms with Gasteiger partial charge in [-0.25, -0.2) is 8.42 Å². The van der Waals surface area contributed by atoms with E-state index >= 15 is 0 Å². The summed E-state index contributed by atoms with van der Waals surface area (Å²) in [5, 5.41) is 7.66. The monoisotopic (exact) mass is 307 g/mol. The molecule has 1 unspecified atom stereocenters. The van der Waals surface area contributed by atoms with E-state index in [9.17, 15) is 8.42 Å². The first-order valence-corrected chi connectivity index (χ1v) is 8.92. The van der Waals surface area contributed by atoms with Gasteiger partial charge in [-0.05, 0) is 55.4 Å². The van der Waals surface area contributed by atoms with Crippen molar-refractivity contribution in [2.24, 2.45) is 5.73 Å². The molecule has 114 valence electrons. The van der Waals surface area contributed by atoms with Gasteiger partial charge < -0.3 is 5.73 Å². The number of nitrogens with one attached hydrogen (secondary N) is 1. The highest BCUT2D eigenvalue weighted by Crippen LogP contribution is 2.29. The minimum absolute atomic E-state index is 0.0561. The van der Waals surface area contributed by atoms with Crippen LogP contribution in [0.2, 0.25) is 0 Å². The van der Waals surface area contributed by atoms with Crippen molar-refractivity contribution < 1.29 is 8.42 Å². The second-order valence-electron chi connectivity index (χ2n) is 5.87. The lowest BCUT2D eigenvalue weighted by atomic mass is 10.0. The minimum Gasteiger partial charge on any atom is -0.386 e. The van der Waals surface area contributed by atoms with Crippen LogP contribution in [0.3, 0.4) is 0 Å². The molecule has 0 saturated carbocycles. The van der Waals surface area contributed by atoms with Gasteiger partial charge in [0, 0.05) is 6.54 Å². The number of rotatable bonds is 3. The molecule has 1 atom stereocenters. The van der Waals surface area contributed by atoms with Crippen molar-refractivity contribution in [3.63, 3.8) is 0 Å². The SMILES string of the molecule is N=C(N)C1CCCCN1S(=O)(=O)c1ccc2c(c1)CCC2. The fraction of sp³-hybridized carbons (Fsp3) is 0.533. The molecule has 1 aromatic carbocycles. The number of hydrogen-bond donors (Lipinski definition) is 2. The van der Waals surface area contributed by atoms with Crippen molar-refractivity contribution in [1.29, 1.82) is 5.41 Å². The van der Waals surface area contributed by atoms with E-state index in [0.29, 0.717) is 17.9 Å². The zero-order valence-corrected chi connectivity index (χ0v) is 12.8. The summed E-state index contributed by atoms with van der Waals surface area (Å²) in [4.78, 5) is 0.344. The third-order valence-corrected chi connectivity index (χ3v) is 6.39. The maximum absolute atomic E-state index is 12.9. The second kappa shape index (κ2) is 5.42. The molecule has 0 aromatic heterocycles. The molecular weight excluding hydrogens is 286 g/mol. The Morgan fingerprint density at radius 1 is 1.19 bits per heavy atom. The predicted molar refractivity (Wildman–Crippen MR) is 81.9 cm³/mol. The Balaban J connectivity index is 1.97. The summed E-state index contributed by atoms with van der Waals surface area (Å²) in [5.41, 5.74) is 8.01. The van der Waals surface area contributed by atoms with Crippen molar-refractivity contribution in [1.82, 2.24) is 4.31 Å². The lowest BCUT2D eigenvalue weighted by molar-refractivity contribution is 0.303. The Morgan fingerprint density at radius 2 is 1.95 bits per heavy atom. The lowest BCUT2D eigenvalue weighted by Crippen LogP contribution is -2.50. The molecule has 1 fully saturated rings. The Hall–Kier alpha value is -1.40. The smallest absolute Gasteiger partial charge is 0.243 e. The number of hydrogen-bond acceptors (Lipinski definition) is 3. The third-order valence-electron chi connectivity index (χ3n) is 4.49. The Bertz CT molecular complexity index is 669. The van der Waals surface area contributed by atoms with E-state index in [2.05, 4.69) is 0 Å². The van der Waals surface area contributed by atoms with Crippen LogP contribution in [0.5, 0.6) is 0 Å². The van der Waals surface area contributed by atoms with Crippen LogP contribution in [0.4, 0.5) is 0 Å². The van der Waals surface area contributed by atoms with Gasteiger partial charge in [0.2, 0.25) is 10.0 Å². The second-order valence-corrected chi connectivity index (χ2v) is 7.76. The van der Waals surface area contributed by atoms with Gasteiger partial charge in [-0.1, -0.05) is 12.5 Å². The zero-order valence-electron chi connectivity index (χ0n) is 12.0. The molecule has 6 heteroatoms. The number of piperidine rings is 1. The standard InChI is InChI=1S/C15H21N3O2S/c16-15(17)14-6-1-2-9-18(14)21(19,20)13-8-7-11-4-3-5-12(11)10-13/h7-8,10,14H,1-6,9H2,(H3,16,17). The lowest BCUT2D eigenvalue weighted by Gasteiger charge is -2.33. The number of amidine groups is 1. The first-order chi connectivity index (χ1) is 10.00. The van der Waals surface area contributed by atoms with E-state index < -0.39 is 16.1 Å². The summed E-state index contributed by atoms with van der Waals surface area (Å²) in [6, 6.07) is 4.95. The topological polar surface area (TPSA) is 87.2 Å². The van der Waals surface area contributed by atoms with Crippen molar-refractivity contribution in [3.8, 4) is 0 Å². The van der Waals surface area contributed by atoms with Crippen LogP contribution in [0, 0.1) is 5.41 Å². The summed E-state index contributed by atoms with van der Waals surface area (Å²) in [6.07, 6.45) is 5.47. The van der Waals surface area contributed by atoms with Crippen LogP contribution in [-0.2, 0) is 22.9 Å². The van der Waals surface area contributed by atoms with Crippen molar-refractivity contribution in [2.45, 2.75) is 49.5 Å². The van der Waals surface area contributed by atoms with E-state index in [-0.39, 0.29) is 5.84 Å². The van der Waals surface area contributed by atoms with Gasteiger partial charge in [0.25, 0.3) is 0 Å². The largest absolute Gasteiger partial charge is 0.386 e. The molecular formula is C15H21N3O2S. The van der Waals surface area contributed by atoms with Crippen LogP contribution < -0.4 is 5.73 Å².